The van der Waals surface area contributed by atoms with E-state index in [9.17, 15) is 14.7 Å². The number of carboxylic acids is 1. The van der Waals surface area contributed by atoms with Crippen LogP contribution in [0, 0.1) is 11.3 Å². The van der Waals surface area contributed by atoms with Crippen molar-refractivity contribution in [3.63, 3.8) is 0 Å². The number of piperidine rings is 1. The third kappa shape index (κ3) is 2.75. The number of aliphatic carboxylic acids is 1. The summed E-state index contributed by atoms with van der Waals surface area (Å²) in [6, 6.07) is -0.450. The maximum absolute atomic E-state index is 12.4. The summed E-state index contributed by atoms with van der Waals surface area (Å²) in [5, 5.41) is 12.2. The van der Waals surface area contributed by atoms with Crippen LogP contribution >= 0.6 is 0 Å². The highest BCUT2D eigenvalue weighted by molar-refractivity contribution is 5.79. The quantitative estimate of drug-likeness (QED) is 0.801. The Labute approximate surface area is 119 Å². The number of nitrogens with zero attached hydrogens (tertiary/aromatic N) is 1. The van der Waals surface area contributed by atoms with Crippen LogP contribution in [0.3, 0.4) is 0 Å². The Morgan fingerprint density at radius 3 is 2.70 bits per heavy atom. The smallest absolute Gasteiger partial charge is 0.317 e. The minimum absolute atomic E-state index is 0.138. The number of hydrogen-bond donors (Lipinski definition) is 2. The van der Waals surface area contributed by atoms with Gasteiger partial charge in [0.2, 0.25) is 0 Å². The van der Waals surface area contributed by atoms with Crippen LogP contribution in [0.4, 0.5) is 4.79 Å². The molecule has 6 nitrogen and oxygen atoms in total. The lowest BCUT2D eigenvalue weighted by Crippen LogP contribution is -2.56. The van der Waals surface area contributed by atoms with Gasteiger partial charge in [-0.1, -0.05) is 6.92 Å². The predicted molar refractivity (Wildman–Crippen MR) is 73.4 cm³/mol. The van der Waals surface area contributed by atoms with Crippen LogP contribution in [0.2, 0.25) is 0 Å². The Hall–Kier alpha value is -1.30. The lowest BCUT2D eigenvalue weighted by molar-refractivity contribution is -0.148. The van der Waals surface area contributed by atoms with E-state index < -0.39 is 17.4 Å². The summed E-state index contributed by atoms with van der Waals surface area (Å²) in [7, 11) is 0. The molecule has 2 fully saturated rings. The van der Waals surface area contributed by atoms with Crippen LogP contribution in [0.15, 0.2) is 0 Å². The Kier molecular flexibility index (Phi) is 4.22. The number of rotatable bonds is 2. The number of urea groups is 1. The summed E-state index contributed by atoms with van der Waals surface area (Å²) in [6.07, 6.45) is 2.12. The molecule has 2 rings (SSSR count). The summed E-state index contributed by atoms with van der Waals surface area (Å²) in [5.74, 6) is -0.442. The number of amides is 2. The first-order valence-corrected chi connectivity index (χ1v) is 7.23. The van der Waals surface area contributed by atoms with Crippen molar-refractivity contribution >= 4 is 12.0 Å². The van der Waals surface area contributed by atoms with Gasteiger partial charge in [-0.2, -0.15) is 0 Å². The molecule has 2 aliphatic rings. The lowest BCUT2D eigenvalue weighted by atomic mass is 9.85. The first-order chi connectivity index (χ1) is 9.34. The largest absolute Gasteiger partial charge is 0.481 e. The van der Waals surface area contributed by atoms with Crippen molar-refractivity contribution in [1.29, 1.82) is 0 Å². The normalized spacial score (nSPS) is 37.8. The van der Waals surface area contributed by atoms with Gasteiger partial charge in [-0.05, 0) is 32.6 Å². The summed E-state index contributed by atoms with van der Waals surface area (Å²) in [6.45, 7) is 6.91. The van der Waals surface area contributed by atoms with E-state index in [4.69, 9.17) is 4.74 Å². The van der Waals surface area contributed by atoms with E-state index in [0.717, 1.165) is 19.4 Å². The number of carbonyl (C=O) groups excluding carboxylic acids is 1. The minimum atomic E-state index is -1.04. The zero-order chi connectivity index (χ0) is 14.9. The number of carboxylic acid groups (broad SMARTS) is 1. The van der Waals surface area contributed by atoms with E-state index in [0.29, 0.717) is 5.92 Å². The molecule has 4 unspecified atom stereocenters. The summed E-state index contributed by atoms with van der Waals surface area (Å²) < 4.78 is 5.26. The van der Waals surface area contributed by atoms with Gasteiger partial charge in [-0.3, -0.25) is 4.79 Å². The Morgan fingerprint density at radius 1 is 1.35 bits per heavy atom. The molecule has 0 bridgehead atoms. The van der Waals surface area contributed by atoms with E-state index in [1.165, 1.54) is 0 Å². The second kappa shape index (κ2) is 5.60. The van der Waals surface area contributed by atoms with Gasteiger partial charge >= 0.3 is 12.0 Å². The number of likely N-dealkylation sites (tertiary alicyclic amines) is 1. The van der Waals surface area contributed by atoms with Crippen molar-refractivity contribution in [2.24, 2.45) is 11.3 Å². The molecule has 0 radical (unpaired) electrons. The van der Waals surface area contributed by atoms with Crippen molar-refractivity contribution in [1.82, 2.24) is 10.2 Å². The zero-order valence-electron chi connectivity index (χ0n) is 12.4. The Morgan fingerprint density at radius 2 is 2.05 bits per heavy atom. The van der Waals surface area contributed by atoms with Crippen LogP contribution in [-0.2, 0) is 9.53 Å². The van der Waals surface area contributed by atoms with E-state index in [1.807, 2.05) is 11.8 Å². The second-order valence-corrected chi connectivity index (χ2v) is 6.42. The molecule has 2 amide bonds. The fourth-order valence-corrected chi connectivity index (χ4v) is 2.89. The van der Waals surface area contributed by atoms with Gasteiger partial charge in [0.05, 0.1) is 19.3 Å². The number of ether oxygens (including phenoxy) is 1. The van der Waals surface area contributed by atoms with Crippen LogP contribution < -0.4 is 5.32 Å². The second-order valence-electron chi connectivity index (χ2n) is 6.42. The molecule has 0 aliphatic carbocycles. The number of nitrogens with one attached hydrogen (secondary N) is 1. The number of hydrogen-bond acceptors (Lipinski definition) is 3. The van der Waals surface area contributed by atoms with Crippen molar-refractivity contribution < 1.29 is 19.4 Å². The highest BCUT2D eigenvalue weighted by Crippen LogP contribution is 2.29. The molecule has 20 heavy (non-hydrogen) atoms. The third-order valence-corrected chi connectivity index (χ3v) is 4.62. The van der Waals surface area contributed by atoms with Crippen LogP contribution in [0.25, 0.3) is 0 Å². The SMILES string of the molecule is CC1CCC(C)N(C(=O)NC2COCC2(C)C(=O)O)C1. The average molecular weight is 284 g/mol. The topological polar surface area (TPSA) is 78.9 Å². The lowest BCUT2D eigenvalue weighted by Gasteiger charge is -2.38. The van der Waals surface area contributed by atoms with Gasteiger partial charge in [-0.25, -0.2) is 4.79 Å². The van der Waals surface area contributed by atoms with Gasteiger partial charge < -0.3 is 20.1 Å². The highest BCUT2D eigenvalue weighted by atomic mass is 16.5. The first kappa shape index (κ1) is 15.1. The molecule has 0 saturated carbocycles. The fourth-order valence-electron chi connectivity index (χ4n) is 2.89. The zero-order valence-corrected chi connectivity index (χ0v) is 12.4. The van der Waals surface area contributed by atoms with E-state index in [-0.39, 0.29) is 25.3 Å². The standard InChI is InChI=1S/C14H24N2O4/c1-9-4-5-10(2)16(6-9)13(19)15-11-7-20-8-14(11,3)12(17)18/h9-11H,4-8H2,1-3H3,(H,15,19)(H,17,18). The minimum Gasteiger partial charge on any atom is -0.481 e. The van der Waals surface area contributed by atoms with Gasteiger partial charge in [0.1, 0.15) is 5.41 Å². The first-order valence-electron chi connectivity index (χ1n) is 7.23. The highest BCUT2D eigenvalue weighted by Gasteiger charge is 2.48. The molecule has 0 aromatic rings. The van der Waals surface area contributed by atoms with E-state index in [2.05, 4.69) is 12.2 Å². The van der Waals surface area contributed by atoms with Crippen molar-refractivity contribution in [2.45, 2.75) is 45.7 Å². The molecule has 2 saturated heterocycles. The summed E-state index contributed by atoms with van der Waals surface area (Å²) in [5.41, 5.74) is -1.04. The summed E-state index contributed by atoms with van der Waals surface area (Å²) >= 11 is 0. The van der Waals surface area contributed by atoms with Gasteiger partial charge in [-0.15, -0.1) is 0 Å². The number of carbonyl (C=O) groups is 2. The summed E-state index contributed by atoms with van der Waals surface area (Å²) in [4.78, 5) is 25.6. The van der Waals surface area contributed by atoms with Gasteiger partial charge in [0.25, 0.3) is 0 Å². The van der Waals surface area contributed by atoms with Crippen molar-refractivity contribution in [3.8, 4) is 0 Å². The Balaban J connectivity index is 2.02. The molecule has 114 valence electrons. The van der Waals surface area contributed by atoms with E-state index >= 15 is 0 Å². The molecule has 2 aliphatic heterocycles. The maximum atomic E-state index is 12.4. The predicted octanol–water partition coefficient (Wildman–Crippen LogP) is 1.31. The molecule has 2 heterocycles. The van der Waals surface area contributed by atoms with Crippen LogP contribution in [0.5, 0.6) is 0 Å². The molecule has 0 aromatic heterocycles. The van der Waals surface area contributed by atoms with Crippen LogP contribution in [-0.4, -0.2) is 53.8 Å². The van der Waals surface area contributed by atoms with Crippen molar-refractivity contribution in [2.75, 3.05) is 19.8 Å². The maximum Gasteiger partial charge on any atom is 0.317 e. The van der Waals surface area contributed by atoms with E-state index in [1.54, 1.807) is 6.92 Å². The molecular weight excluding hydrogens is 260 g/mol. The van der Waals surface area contributed by atoms with Crippen LogP contribution in [0.1, 0.15) is 33.6 Å². The van der Waals surface area contributed by atoms with Gasteiger partial charge in [0, 0.05) is 12.6 Å². The molecule has 6 heteroatoms. The molecular formula is C14H24N2O4. The van der Waals surface area contributed by atoms with Crippen molar-refractivity contribution in [3.05, 3.63) is 0 Å². The molecule has 4 atom stereocenters. The van der Waals surface area contributed by atoms with Gasteiger partial charge in [0.15, 0.2) is 0 Å². The monoisotopic (exact) mass is 284 g/mol. The molecule has 2 N–H and O–H groups in total. The molecule has 0 spiro atoms. The Bertz CT molecular complexity index is 401. The molecule has 0 aromatic carbocycles. The fraction of sp³-hybridized carbons (Fsp3) is 0.857. The average Bonchev–Trinajstić information content (AvgIpc) is 2.75. The third-order valence-electron chi connectivity index (χ3n) is 4.62.